The van der Waals surface area contributed by atoms with Crippen LogP contribution in [0.25, 0.3) is 5.65 Å². The lowest BCUT2D eigenvalue weighted by Gasteiger charge is -2.31. The largest absolute Gasteiger partial charge is 0.312 e. The van der Waals surface area contributed by atoms with Gasteiger partial charge in [-0.05, 0) is 55.7 Å². The second-order valence-electron chi connectivity index (χ2n) is 7.83. The van der Waals surface area contributed by atoms with Gasteiger partial charge in [0.2, 0.25) is 15.9 Å². The molecule has 0 spiro atoms. The summed E-state index contributed by atoms with van der Waals surface area (Å²) in [5.74, 6) is 0.880. The van der Waals surface area contributed by atoms with Gasteiger partial charge in [0.15, 0.2) is 5.65 Å². The number of aromatic nitrogens is 3. The van der Waals surface area contributed by atoms with E-state index in [4.69, 9.17) is 0 Å². The van der Waals surface area contributed by atoms with E-state index in [0.29, 0.717) is 26.1 Å². The summed E-state index contributed by atoms with van der Waals surface area (Å²) in [5, 5.41) is 8.53. The average Bonchev–Trinajstić information content (AvgIpc) is 3.40. The summed E-state index contributed by atoms with van der Waals surface area (Å²) in [6.45, 7) is 1.55. The topological polar surface area (TPSA) is 87.9 Å². The number of sulfonamides is 1. The minimum absolute atomic E-state index is 0.00702. The number of hydrogen-bond acceptors (Lipinski definition) is 5. The number of amides is 1. The normalized spacial score (nSPS) is 20.9. The maximum Gasteiger partial charge on any atom is 0.243 e. The number of carbonyl (C=O) groups is 1. The molecule has 9 heteroatoms. The number of piperidine rings is 1. The molecule has 4 heterocycles. The molecule has 30 heavy (non-hydrogen) atoms. The van der Waals surface area contributed by atoms with Gasteiger partial charge in [0.05, 0.1) is 4.90 Å². The fourth-order valence-electron chi connectivity index (χ4n) is 4.38. The SMILES string of the molecule is O=C1CCCN1c1ccc(S(=O)(=O)N2CCCC(c3nnc4ccccn34)C2)cc1. The van der Waals surface area contributed by atoms with Gasteiger partial charge in [0, 0.05) is 43.9 Å². The van der Waals surface area contributed by atoms with E-state index in [9.17, 15) is 13.2 Å². The molecule has 156 valence electrons. The highest BCUT2D eigenvalue weighted by atomic mass is 32.2. The Hall–Kier alpha value is -2.78. The van der Waals surface area contributed by atoms with Gasteiger partial charge < -0.3 is 4.90 Å². The van der Waals surface area contributed by atoms with Gasteiger partial charge in [0.25, 0.3) is 0 Å². The molecule has 1 aromatic carbocycles. The van der Waals surface area contributed by atoms with E-state index in [1.54, 1.807) is 33.5 Å². The Kier molecular flexibility index (Phi) is 4.79. The number of pyridine rings is 1. The highest BCUT2D eigenvalue weighted by molar-refractivity contribution is 7.89. The van der Waals surface area contributed by atoms with Crippen molar-refractivity contribution in [3.8, 4) is 0 Å². The molecule has 1 atom stereocenters. The molecule has 0 saturated carbocycles. The summed E-state index contributed by atoms with van der Waals surface area (Å²) in [4.78, 5) is 13.9. The second-order valence-corrected chi connectivity index (χ2v) is 9.77. The number of fused-ring (bicyclic) bond motifs is 1. The van der Waals surface area contributed by atoms with E-state index in [1.165, 1.54) is 0 Å². The van der Waals surface area contributed by atoms with Gasteiger partial charge in [-0.15, -0.1) is 10.2 Å². The van der Waals surface area contributed by atoms with Crippen LogP contribution in [0, 0.1) is 0 Å². The third-order valence-electron chi connectivity index (χ3n) is 5.95. The molecule has 2 saturated heterocycles. The molecule has 2 aliphatic rings. The van der Waals surface area contributed by atoms with Crippen LogP contribution < -0.4 is 4.90 Å². The molecule has 5 rings (SSSR count). The van der Waals surface area contributed by atoms with Crippen molar-refractivity contribution >= 4 is 27.3 Å². The van der Waals surface area contributed by atoms with Crippen LogP contribution in [0.3, 0.4) is 0 Å². The molecule has 8 nitrogen and oxygen atoms in total. The van der Waals surface area contributed by atoms with Crippen LogP contribution in [-0.2, 0) is 14.8 Å². The van der Waals surface area contributed by atoms with Gasteiger partial charge in [-0.3, -0.25) is 9.20 Å². The van der Waals surface area contributed by atoms with Crippen molar-refractivity contribution in [3.63, 3.8) is 0 Å². The molecule has 2 fully saturated rings. The Balaban J connectivity index is 1.38. The molecular formula is C21H23N5O3S. The average molecular weight is 426 g/mol. The Morgan fingerprint density at radius 2 is 1.80 bits per heavy atom. The van der Waals surface area contributed by atoms with Crippen molar-refractivity contribution in [2.24, 2.45) is 0 Å². The highest BCUT2D eigenvalue weighted by Gasteiger charge is 2.33. The van der Waals surface area contributed by atoms with Crippen LogP contribution in [0.2, 0.25) is 0 Å². The predicted octanol–water partition coefficient (Wildman–Crippen LogP) is 2.42. The van der Waals surface area contributed by atoms with E-state index in [1.807, 2.05) is 28.8 Å². The molecule has 3 aromatic rings. The lowest BCUT2D eigenvalue weighted by Crippen LogP contribution is -2.39. The van der Waals surface area contributed by atoms with Crippen LogP contribution in [0.4, 0.5) is 5.69 Å². The summed E-state index contributed by atoms with van der Waals surface area (Å²) in [6, 6.07) is 12.4. The third-order valence-corrected chi connectivity index (χ3v) is 7.83. The first-order valence-corrected chi connectivity index (χ1v) is 11.7. The summed E-state index contributed by atoms with van der Waals surface area (Å²) in [6.07, 6.45) is 4.94. The zero-order valence-electron chi connectivity index (χ0n) is 16.5. The van der Waals surface area contributed by atoms with Crippen LogP contribution >= 0.6 is 0 Å². The number of hydrogen-bond donors (Lipinski definition) is 0. The van der Waals surface area contributed by atoms with Gasteiger partial charge in [-0.1, -0.05) is 6.07 Å². The first-order valence-electron chi connectivity index (χ1n) is 10.2. The number of carbonyl (C=O) groups excluding carboxylic acids is 1. The lowest BCUT2D eigenvalue weighted by molar-refractivity contribution is -0.117. The molecule has 0 bridgehead atoms. The Bertz CT molecular complexity index is 1190. The molecular weight excluding hydrogens is 402 g/mol. The van der Waals surface area contributed by atoms with Crippen LogP contribution in [0.5, 0.6) is 0 Å². The molecule has 2 aromatic heterocycles. The van der Waals surface area contributed by atoms with Crippen LogP contribution in [0.15, 0.2) is 53.6 Å². The van der Waals surface area contributed by atoms with E-state index in [2.05, 4.69) is 10.2 Å². The lowest BCUT2D eigenvalue weighted by atomic mass is 9.99. The second kappa shape index (κ2) is 7.48. The fraction of sp³-hybridized carbons (Fsp3) is 0.381. The third kappa shape index (κ3) is 3.27. The Morgan fingerprint density at radius 3 is 2.57 bits per heavy atom. The van der Waals surface area contributed by atoms with Crippen molar-refractivity contribution in [1.82, 2.24) is 18.9 Å². The number of nitrogens with zero attached hydrogens (tertiary/aromatic N) is 5. The van der Waals surface area contributed by atoms with Crippen molar-refractivity contribution in [2.45, 2.75) is 36.5 Å². The van der Waals surface area contributed by atoms with Crippen molar-refractivity contribution in [3.05, 3.63) is 54.5 Å². The minimum Gasteiger partial charge on any atom is -0.312 e. The van der Waals surface area contributed by atoms with Crippen LogP contribution in [0.1, 0.15) is 37.4 Å². The maximum atomic E-state index is 13.3. The first-order chi connectivity index (χ1) is 14.5. The zero-order valence-corrected chi connectivity index (χ0v) is 17.3. The number of benzene rings is 1. The quantitative estimate of drug-likeness (QED) is 0.641. The molecule has 1 unspecified atom stereocenters. The fourth-order valence-corrected chi connectivity index (χ4v) is 5.90. The summed E-state index contributed by atoms with van der Waals surface area (Å²) in [5.41, 5.74) is 1.52. The predicted molar refractivity (Wildman–Crippen MR) is 112 cm³/mol. The maximum absolute atomic E-state index is 13.3. The molecule has 2 aliphatic heterocycles. The first kappa shape index (κ1) is 19.2. The standard InChI is InChI=1S/C21H23N5O3S/c27-20-7-4-14-25(20)17-8-10-18(11-9-17)30(28,29)24-12-3-5-16(15-24)21-23-22-19-6-1-2-13-26(19)21/h1-2,6,8-11,13,16H,3-5,7,12,14-15H2. The van der Waals surface area contributed by atoms with Crippen LogP contribution in [-0.4, -0.2) is 52.9 Å². The van der Waals surface area contributed by atoms with E-state index < -0.39 is 10.0 Å². The van der Waals surface area contributed by atoms with Gasteiger partial charge in [-0.2, -0.15) is 4.31 Å². The number of rotatable bonds is 4. The summed E-state index contributed by atoms with van der Waals surface area (Å²) in [7, 11) is -3.62. The van der Waals surface area contributed by atoms with E-state index in [0.717, 1.165) is 36.4 Å². The smallest absolute Gasteiger partial charge is 0.243 e. The minimum atomic E-state index is -3.62. The molecule has 0 N–H and O–H groups in total. The van der Waals surface area contributed by atoms with Crippen molar-refractivity contribution in [1.29, 1.82) is 0 Å². The van der Waals surface area contributed by atoms with E-state index in [-0.39, 0.29) is 16.7 Å². The van der Waals surface area contributed by atoms with Gasteiger partial charge in [-0.25, -0.2) is 8.42 Å². The van der Waals surface area contributed by atoms with Gasteiger partial charge in [0.1, 0.15) is 5.82 Å². The summed E-state index contributed by atoms with van der Waals surface area (Å²) < 4.78 is 30.0. The van der Waals surface area contributed by atoms with E-state index >= 15 is 0 Å². The highest BCUT2D eigenvalue weighted by Crippen LogP contribution is 2.30. The molecule has 0 aliphatic carbocycles. The molecule has 0 radical (unpaired) electrons. The Morgan fingerprint density at radius 1 is 0.967 bits per heavy atom. The monoisotopic (exact) mass is 425 g/mol. The zero-order chi connectivity index (χ0) is 20.7. The molecule has 1 amide bonds. The summed E-state index contributed by atoms with van der Waals surface area (Å²) >= 11 is 0. The van der Waals surface area contributed by atoms with Crippen molar-refractivity contribution in [2.75, 3.05) is 24.5 Å². The van der Waals surface area contributed by atoms with Crippen molar-refractivity contribution < 1.29 is 13.2 Å². The Labute approximate surface area is 175 Å². The number of anilines is 1. The van der Waals surface area contributed by atoms with Gasteiger partial charge >= 0.3 is 0 Å².